The van der Waals surface area contributed by atoms with Gasteiger partial charge in [-0.05, 0) is 23.6 Å². The average Bonchev–Trinajstić information content (AvgIpc) is 2.39. The topological polar surface area (TPSA) is 50.7 Å². The number of halogens is 1. The summed E-state index contributed by atoms with van der Waals surface area (Å²) >= 11 is 6.18. The summed E-state index contributed by atoms with van der Waals surface area (Å²) in [6.07, 6.45) is 0. The highest BCUT2D eigenvalue weighted by Gasteiger charge is 2.17. The van der Waals surface area contributed by atoms with Crippen molar-refractivity contribution in [3.05, 3.63) is 22.7 Å². The monoisotopic (exact) mass is 285 g/mol. The number of aliphatic hydroxyl groups is 1. The van der Waals surface area contributed by atoms with Crippen LogP contribution in [0.25, 0.3) is 0 Å². The number of fused-ring (bicyclic) bond motifs is 1. The lowest BCUT2D eigenvalue weighted by Crippen LogP contribution is -2.36. The zero-order chi connectivity index (χ0) is 13.8. The second kappa shape index (κ2) is 6.46. The average molecular weight is 286 g/mol. The van der Waals surface area contributed by atoms with Crippen molar-refractivity contribution < 1.29 is 14.6 Å². The highest BCUT2D eigenvalue weighted by atomic mass is 35.5. The number of ether oxygens (including phenoxy) is 2. The fourth-order valence-corrected chi connectivity index (χ4v) is 2.31. The first-order valence-corrected chi connectivity index (χ1v) is 6.92. The van der Waals surface area contributed by atoms with Crippen molar-refractivity contribution in [2.24, 2.45) is 5.92 Å². The molecule has 0 radical (unpaired) electrons. The van der Waals surface area contributed by atoms with E-state index in [4.69, 9.17) is 21.1 Å². The highest BCUT2D eigenvalue weighted by Crippen LogP contribution is 2.38. The molecule has 0 saturated carbocycles. The number of nitrogens with one attached hydrogen (secondary N) is 1. The van der Waals surface area contributed by atoms with E-state index >= 15 is 0 Å². The number of benzene rings is 1. The van der Waals surface area contributed by atoms with Gasteiger partial charge in [0.1, 0.15) is 13.2 Å². The molecule has 0 fully saturated rings. The summed E-state index contributed by atoms with van der Waals surface area (Å²) in [5.41, 5.74) is 1.02. The Morgan fingerprint density at radius 3 is 2.74 bits per heavy atom. The van der Waals surface area contributed by atoms with Gasteiger partial charge in [-0.25, -0.2) is 0 Å². The summed E-state index contributed by atoms with van der Waals surface area (Å²) < 4.78 is 11.0. The molecule has 0 unspecified atom stereocenters. The molecule has 1 aromatic rings. The van der Waals surface area contributed by atoms with Gasteiger partial charge in [-0.15, -0.1) is 0 Å². The summed E-state index contributed by atoms with van der Waals surface area (Å²) in [5.74, 6) is 1.69. The van der Waals surface area contributed by atoms with Crippen LogP contribution in [-0.2, 0) is 6.54 Å². The summed E-state index contributed by atoms with van der Waals surface area (Å²) in [7, 11) is 0. The smallest absolute Gasteiger partial charge is 0.179 e. The largest absolute Gasteiger partial charge is 0.486 e. The van der Waals surface area contributed by atoms with Crippen LogP contribution in [0.15, 0.2) is 12.1 Å². The van der Waals surface area contributed by atoms with Crippen molar-refractivity contribution in [3.63, 3.8) is 0 Å². The predicted octanol–water partition coefficient (Wildman–Crippen LogP) is 2.22. The molecule has 1 aromatic carbocycles. The maximum atomic E-state index is 9.29. The molecule has 1 atom stereocenters. The Balaban J connectivity index is 2.07. The molecule has 2 rings (SSSR count). The fraction of sp³-hybridized carbons (Fsp3) is 0.571. The van der Waals surface area contributed by atoms with Crippen molar-refractivity contribution in [2.45, 2.75) is 26.4 Å². The Bertz CT molecular complexity index is 437. The molecule has 5 heteroatoms. The van der Waals surface area contributed by atoms with Gasteiger partial charge < -0.3 is 19.9 Å². The van der Waals surface area contributed by atoms with Crippen LogP contribution in [0.4, 0.5) is 0 Å². The molecule has 0 aliphatic carbocycles. The van der Waals surface area contributed by atoms with Gasteiger partial charge in [0.15, 0.2) is 11.5 Å². The number of aliphatic hydroxyl groups excluding tert-OH is 1. The number of hydrogen-bond acceptors (Lipinski definition) is 4. The number of rotatable bonds is 5. The SMILES string of the molecule is CC(C)[C@@H](CO)NCc1cc(Cl)c2c(c1)OCCO2. The second-order valence-electron chi connectivity index (χ2n) is 5.02. The summed E-state index contributed by atoms with van der Waals surface area (Å²) in [5, 5.41) is 13.2. The minimum absolute atomic E-state index is 0.0759. The lowest BCUT2D eigenvalue weighted by atomic mass is 10.0. The van der Waals surface area contributed by atoms with Gasteiger partial charge in [0.05, 0.1) is 11.6 Å². The van der Waals surface area contributed by atoms with Crippen LogP contribution < -0.4 is 14.8 Å². The van der Waals surface area contributed by atoms with Crippen molar-refractivity contribution in [1.82, 2.24) is 5.32 Å². The summed E-state index contributed by atoms with van der Waals surface area (Å²) in [4.78, 5) is 0. The molecule has 1 aliphatic heterocycles. The Labute approximate surface area is 118 Å². The van der Waals surface area contributed by atoms with Crippen LogP contribution in [0.3, 0.4) is 0 Å². The zero-order valence-electron chi connectivity index (χ0n) is 11.3. The van der Waals surface area contributed by atoms with Gasteiger partial charge in [0.2, 0.25) is 0 Å². The first-order chi connectivity index (χ1) is 9.11. The minimum atomic E-state index is 0.0759. The Morgan fingerprint density at radius 1 is 1.32 bits per heavy atom. The fourth-order valence-electron chi connectivity index (χ4n) is 2.03. The normalized spacial score (nSPS) is 15.6. The lowest BCUT2D eigenvalue weighted by Gasteiger charge is -2.22. The van der Waals surface area contributed by atoms with Gasteiger partial charge in [-0.1, -0.05) is 25.4 Å². The Morgan fingerprint density at radius 2 is 2.05 bits per heavy atom. The molecule has 0 aromatic heterocycles. The van der Waals surface area contributed by atoms with Gasteiger partial charge >= 0.3 is 0 Å². The van der Waals surface area contributed by atoms with E-state index in [1.54, 1.807) is 0 Å². The first-order valence-electron chi connectivity index (χ1n) is 6.54. The van der Waals surface area contributed by atoms with Crippen LogP contribution in [0, 0.1) is 5.92 Å². The molecule has 0 amide bonds. The molecule has 0 bridgehead atoms. The third kappa shape index (κ3) is 3.53. The molecule has 19 heavy (non-hydrogen) atoms. The molecule has 4 nitrogen and oxygen atoms in total. The summed E-state index contributed by atoms with van der Waals surface area (Å²) in [6.45, 7) is 5.99. The molecule has 2 N–H and O–H groups in total. The van der Waals surface area contributed by atoms with Crippen LogP contribution in [0.5, 0.6) is 11.5 Å². The molecule has 0 saturated heterocycles. The van der Waals surface area contributed by atoms with E-state index in [1.807, 2.05) is 12.1 Å². The Hall–Kier alpha value is -0.970. The van der Waals surface area contributed by atoms with Crippen molar-refractivity contribution in [1.29, 1.82) is 0 Å². The Kier molecular flexibility index (Phi) is 4.91. The van der Waals surface area contributed by atoms with Gasteiger partial charge in [0.25, 0.3) is 0 Å². The predicted molar refractivity (Wildman–Crippen MR) is 75.0 cm³/mol. The van der Waals surface area contributed by atoms with Crippen LogP contribution in [-0.4, -0.2) is 31.0 Å². The van der Waals surface area contributed by atoms with E-state index in [2.05, 4.69) is 19.2 Å². The van der Waals surface area contributed by atoms with E-state index in [1.165, 1.54) is 0 Å². The van der Waals surface area contributed by atoms with Gasteiger partial charge in [0, 0.05) is 12.6 Å². The molecular weight excluding hydrogens is 266 g/mol. The maximum absolute atomic E-state index is 9.29. The van der Waals surface area contributed by atoms with E-state index in [9.17, 15) is 5.11 Å². The summed E-state index contributed by atoms with van der Waals surface area (Å²) in [6, 6.07) is 3.88. The van der Waals surface area contributed by atoms with Crippen molar-refractivity contribution in [2.75, 3.05) is 19.8 Å². The maximum Gasteiger partial charge on any atom is 0.179 e. The minimum Gasteiger partial charge on any atom is -0.486 e. The second-order valence-corrected chi connectivity index (χ2v) is 5.42. The third-order valence-corrected chi connectivity index (χ3v) is 3.51. The zero-order valence-corrected chi connectivity index (χ0v) is 12.0. The quantitative estimate of drug-likeness (QED) is 0.871. The third-order valence-electron chi connectivity index (χ3n) is 3.23. The molecule has 0 spiro atoms. The van der Waals surface area contributed by atoms with Gasteiger partial charge in [-0.2, -0.15) is 0 Å². The van der Waals surface area contributed by atoms with Crippen molar-refractivity contribution in [3.8, 4) is 11.5 Å². The first kappa shape index (κ1) is 14.4. The van der Waals surface area contributed by atoms with E-state index in [0.29, 0.717) is 42.2 Å². The molecule has 1 aliphatic rings. The molecular formula is C14H20ClNO3. The standard InChI is InChI=1S/C14H20ClNO3/c1-9(2)12(8-17)16-7-10-5-11(15)14-13(6-10)18-3-4-19-14/h5-6,9,12,16-17H,3-4,7-8H2,1-2H3/t12-/m1/s1. The van der Waals surface area contributed by atoms with E-state index in [-0.39, 0.29) is 12.6 Å². The van der Waals surface area contributed by atoms with Gasteiger partial charge in [-0.3, -0.25) is 0 Å². The van der Waals surface area contributed by atoms with E-state index in [0.717, 1.165) is 5.56 Å². The highest BCUT2D eigenvalue weighted by molar-refractivity contribution is 6.32. The van der Waals surface area contributed by atoms with E-state index < -0.39 is 0 Å². The molecule has 1 heterocycles. The lowest BCUT2D eigenvalue weighted by molar-refractivity contribution is 0.171. The number of hydrogen-bond donors (Lipinski definition) is 2. The van der Waals surface area contributed by atoms with Crippen LogP contribution in [0.2, 0.25) is 5.02 Å². The van der Waals surface area contributed by atoms with Crippen LogP contribution >= 0.6 is 11.6 Å². The molecule has 106 valence electrons. The van der Waals surface area contributed by atoms with Crippen LogP contribution in [0.1, 0.15) is 19.4 Å². The van der Waals surface area contributed by atoms with Crippen molar-refractivity contribution >= 4 is 11.6 Å².